The quantitative estimate of drug-likeness (QED) is 0.162. The van der Waals surface area contributed by atoms with E-state index in [-0.39, 0.29) is 12.8 Å². The van der Waals surface area contributed by atoms with Gasteiger partial charge in [-0.25, -0.2) is 0 Å². The van der Waals surface area contributed by atoms with Crippen LogP contribution in [0.25, 0.3) is 83.2 Å². The molecule has 0 amide bonds. The van der Waals surface area contributed by atoms with Gasteiger partial charge in [0.2, 0.25) is 0 Å². The molecule has 8 aromatic carbocycles. The van der Waals surface area contributed by atoms with Gasteiger partial charge in [-0.2, -0.15) is 0 Å². The monoisotopic (exact) mass is 748 g/mol. The molecule has 15 rings (SSSR count). The lowest BCUT2D eigenvalue weighted by molar-refractivity contribution is 0.840. The summed E-state index contributed by atoms with van der Waals surface area (Å²) in [7, 11) is 0. The second-order valence-corrected chi connectivity index (χ2v) is 16.7. The molecule has 0 spiro atoms. The summed E-state index contributed by atoms with van der Waals surface area (Å²) in [6.07, 6.45) is 3.45. The molecule has 0 saturated carbocycles. The maximum Gasteiger partial charge on any atom is 0.252 e. The topological polar surface area (TPSA) is 18.0 Å². The van der Waals surface area contributed by atoms with Crippen molar-refractivity contribution in [2.75, 3.05) is 4.90 Å². The number of aromatic nitrogens is 3. The summed E-state index contributed by atoms with van der Waals surface area (Å²) in [6, 6.07) is 66.0. The van der Waals surface area contributed by atoms with E-state index < -0.39 is 0 Å². The highest BCUT2D eigenvalue weighted by Gasteiger charge is 2.48. The standard InChI is InChI=1S/C54H33BN4/c1-3-14-32(15-4-1)56-40-24-9-7-18-34(40)48-42(56)28-30-44-50(48)36-20-11-22-38-53(36)58(44)46-26-13-27-47-52(46)55(38)39-23-12-21-37-51-45(59(47)54(37)39)31-29-43-49(51)35-19-8-10-25-41(35)57(43)33-16-5-2-6-17-33/h1-30,45H,31H2. The zero-order chi connectivity index (χ0) is 38.1. The summed E-state index contributed by atoms with van der Waals surface area (Å²) < 4.78 is 7.53. The molecule has 0 bridgehead atoms. The Morgan fingerprint density at radius 1 is 0.458 bits per heavy atom. The van der Waals surface area contributed by atoms with Crippen molar-refractivity contribution in [3.05, 3.63) is 192 Å². The van der Waals surface area contributed by atoms with Gasteiger partial charge in [0.25, 0.3) is 6.71 Å². The summed E-state index contributed by atoms with van der Waals surface area (Å²) in [5.74, 6) is 0. The molecular weight excluding hydrogens is 715 g/mol. The maximum atomic E-state index is 2.73. The lowest BCUT2D eigenvalue weighted by Gasteiger charge is -2.40. The van der Waals surface area contributed by atoms with E-state index in [0.717, 1.165) is 6.42 Å². The summed E-state index contributed by atoms with van der Waals surface area (Å²) in [6.45, 7) is 0.115. The van der Waals surface area contributed by atoms with Gasteiger partial charge >= 0.3 is 0 Å². The van der Waals surface area contributed by atoms with Gasteiger partial charge in [-0.1, -0.05) is 121 Å². The summed E-state index contributed by atoms with van der Waals surface area (Å²) >= 11 is 0. The predicted octanol–water partition coefficient (Wildman–Crippen LogP) is 8.87. The molecule has 59 heavy (non-hydrogen) atoms. The smallest absolute Gasteiger partial charge is 0.252 e. The van der Waals surface area contributed by atoms with Crippen molar-refractivity contribution in [3.63, 3.8) is 0 Å². The van der Waals surface area contributed by atoms with Crippen LogP contribution in [0.15, 0.2) is 176 Å². The number of anilines is 2. The highest BCUT2D eigenvalue weighted by molar-refractivity contribution is 7.00. The third kappa shape index (κ3) is 3.57. The van der Waals surface area contributed by atoms with E-state index in [4.69, 9.17) is 0 Å². The minimum atomic E-state index is 0.115. The van der Waals surface area contributed by atoms with Crippen molar-refractivity contribution < 1.29 is 0 Å². The van der Waals surface area contributed by atoms with Crippen LogP contribution < -0.4 is 31.9 Å². The van der Waals surface area contributed by atoms with Crippen molar-refractivity contribution in [2.24, 2.45) is 0 Å². The number of hydrogen-bond acceptors (Lipinski definition) is 1. The van der Waals surface area contributed by atoms with Gasteiger partial charge in [0.15, 0.2) is 0 Å². The molecule has 11 aromatic rings. The van der Waals surface area contributed by atoms with Gasteiger partial charge in [0.1, 0.15) is 0 Å². The zero-order valence-corrected chi connectivity index (χ0v) is 32.0. The lowest BCUT2D eigenvalue weighted by atomic mass is 9.34. The van der Waals surface area contributed by atoms with Gasteiger partial charge in [-0.05, 0) is 89.0 Å². The van der Waals surface area contributed by atoms with E-state index in [2.05, 4.69) is 201 Å². The largest absolute Gasteiger partial charge is 0.334 e. The Kier molecular flexibility index (Phi) is 5.56. The predicted molar refractivity (Wildman–Crippen MR) is 246 cm³/mol. The van der Waals surface area contributed by atoms with Crippen LogP contribution in [0.4, 0.5) is 11.4 Å². The number of benzene rings is 8. The molecule has 1 atom stereocenters. The number of hydrogen-bond donors (Lipinski definition) is 0. The average molecular weight is 749 g/mol. The van der Waals surface area contributed by atoms with Crippen LogP contribution in [0.2, 0.25) is 0 Å². The molecule has 4 aliphatic rings. The second-order valence-electron chi connectivity index (χ2n) is 16.7. The molecule has 3 aliphatic heterocycles. The van der Waals surface area contributed by atoms with Crippen LogP contribution in [0.1, 0.15) is 12.0 Å². The van der Waals surface area contributed by atoms with E-state index in [9.17, 15) is 0 Å². The van der Waals surface area contributed by atoms with Crippen LogP contribution in [-0.4, -0.2) is 26.5 Å². The van der Waals surface area contributed by atoms with Crippen LogP contribution in [0, 0.1) is 0 Å². The van der Waals surface area contributed by atoms with E-state index in [1.54, 1.807) is 0 Å². The molecule has 6 heterocycles. The first-order chi connectivity index (χ1) is 29.3. The molecule has 4 nitrogen and oxygen atoms in total. The number of para-hydroxylation sites is 6. The Bertz CT molecular complexity index is 3830. The third-order valence-corrected chi connectivity index (χ3v) is 14.1. The molecule has 5 heteroatoms. The van der Waals surface area contributed by atoms with E-state index in [0.29, 0.717) is 0 Å². The average Bonchev–Trinajstić information content (AvgIpc) is 4.03. The summed E-state index contributed by atoms with van der Waals surface area (Å²) in [5, 5.41) is 9.27. The molecule has 0 radical (unpaired) electrons. The first kappa shape index (κ1) is 30.6. The van der Waals surface area contributed by atoms with Crippen LogP contribution in [0.3, 0.4) is 0 Å². The molecule has 1 aliphatic carbocycles. The van der Waals surface area contributed by atoms with Crippen LogP contribution in [0.5, 0.6) is 0 Å². The first-order valence-corrected chi connectivity index (χ1v) is 20.8. The maximum absolute atomic E-state index is 2.73. The molecule has 272 valence electrons. The van der Waals surface area contributed by atoms with E-state index >= 15 is 0 Å². The van der Waals surface area contributed by atoms with Crippen molar-refractivity contribution in [1.29, 1.82) is 0 Å². The SMILES string of the molecule is C1=c2c(c3ccccc3n2-c2ccccc2)=C2c3cccc4c3N(c3cccc5c3B4c3cccc4c6c7c8ccccc8n(-c8ccccc8)c7ccc6n-5c34)C2C1. The number of nitrogens with zero attached hydrogens (tertiary/aromatic N) is 4. The fourth-order valence-corrected chi connectivity index (χ4v) is 12.1. The van der Waals surface area contributed by atoms with Gasteiger partial charge in [0, 0.05) is 71.7 Å². The Hall–Kier alpha value is -7.50. The summed E-state index contributed by atoms with van der Waals surface area (Å²) in [5.41, 5.74) is 19.8. The summed E-state index contributed by atoms with van der Waals surface area (Å²) in [4.78, 5) is 2.73. The lowest BCUT2D eigenvalue weighted by Crippen LogP contribution is -2.61. The minimum Gasteiger partial charge on any atom is -0.334 e. The molecular formula is C54H33BN4. The first-order valence-electron chi connectivity index (χ1n) is 20.8. The number of fused-ring (bicyclic) bond motifs is 17. The van der Waals surface area contributed by atoms with E-state index in [1.165, 1.54) is 121 Å². The van der Waals surface area contributed by atoms with Crippen molar-refractivity contribution in [1.82, 2.24) is 13.7 Å². The van der Waals surface area contributed by atoms with Crippen molar-refractivity contribution >= 4 is 101 Å². The molecule has 1 unspecified atom stereocenters. The fourth-order valence-electron chi connectivity index (χ4n) is 12.1. The fraction of sp³-hybridized carbons (Fsp3) is 0.0370. The zero-order valence-electron chi connectivity index (χ0n) is 32.0. The highest BCUT2D eigenvalue weighted by atomic mass is 15.2. The normalized spacial score (nSPS) is 15.6. The van der Waals surface area contributed by atoms with Gasteiger partial charge in [-0.15, -0.1) is 0 Å². The molecule has 0 N–H and O–H groups in total. The molecule has 3 aromatic heterocycles. The third-order valence-electron chi connectivity index (χ3n) is 14.1. The number of rotatable bonds is 2. The van der Waals surface area contributed by atoms with Crippen LogP contribution in [-0.2, 0) is 0 Å². The Labute approximate surface area is 339 Å². The van der Waals surface area contributed by atoms with Gasteiger partial charge in [-0.3, -0.25) is 0 Å². The highest BCUT2D eigenvalue weighted by Crippen LogP contribution is 2.49. The Balaban J connectivity index is 1.05. The van der Waals surface area contributed by atoms with Gasteiger partial charge < -0.3 is 18.6 Å². The Morgan fingerprint density at radius 3 is 1.88 bits per heavy atom. The van der Waals surface area contributed by atoms with Crippen LogP contribution >= 0.6 is 0 Å². The Morgan fingerprint density at radius 2 is 1.07 bits per heavy atom. The van der Waals surface area contributed by atoms with Gasteiger partial charge in [0.05, 0.1) is 33.5 Å². The molecule has 0 fully saturated rings. The minimum absolute atomic E-state index is 0.115. The second kappa shape index (κ2) is 10.7. The molecule has 0 saturated heterocycles. The van der Waals surface area contributed by atoms with E-state index in [1.807, 2.05) is 0 Å². The van der Waals surface area contributed by atoms with Crippen molar-refractivity contribution in [3.8, 4) is 17.1 Å². The van der Waals surface area contributed by atoms with Crippen molar-refractivity contribution in [2.45, 2.75) is 12.5 Å².